The van der Waals surface area contributed by atoms with E-state index in [0.717, 1.165) is 0 Å². The van der Waals surface area contributed by atoms with E-state index in [2.05, 4.69) is 4.99 Å². The number of rotatable bonds is 3. The Hall–Kier alpha value is -1.93. The second kappa shape index (κ2) is 5.08. The monoisotopic (exact) mass is 205 g/mol. The van der Waals surface area contributed by atoms with Crippen molar-refractivity contribution in [3.63, 3.8) is 0 Å². The molecule has 15 heavy (non-hydrogen) atoms. The zero-order valence-corrected chi connectivity index (χ0v) is 8.56. The number of hydrogen-bond donors (Lipinski definition) is 0. The van der Waals surface area contributed by atoms with E-state index < -0.39 is 5.97 Å². The van der Waals surface area contributed by atoms with Gasteiger partial charge < -0.3 is 4.74 Å². The van der Waals surface area contributed by atoms with Gasteiger partial charge in [-0.25, -0.2) is 9.59 Å². The van der Waals surface area contributed by atoms with Gasteiger partial charge in [-0.15, -0.1) is 0 Å². The van der Waals surface area contributed by atoms with Gasteiger partial charge in [0, 0.05) is 0 Å². The molecule has 0 heterocycles. The van der Waals surface area contributed by atoms with Gasteiger partial charge in [0.25, 0.3) is 0 Å². The molecule has 0 atom stereocenters. The lowest BCUT2D eigenvalue weighted by Gasteiger charge is -2.07. The molecule has 0 unspecified atom stereocenters. The van der Waals surface area contributed by atoms with Crippen molar-refractivity contribution in [3.8, 4) is 0 Å². The number of benzene rings is 1. The van der Waals surface area contributed by atoms with Crippen molar-refractivity contribution in [1.82, 2.24) is 0 Å². The molecule has 0 radical (unpaired) electrons. The Morgan fingerprint density at radius 1 is 1.47 bits per heavy atom. The van der Waals surface area contributed by atoms with Gasteiger partial charge in [-0.2, -0.15) is 4.99 Å². The topological polar surface area (TPSA) is 55.7 Å². The molecule has 0 N–H and O–H groups in total. The van der Waals surface area contributed by atoms with E-state index in [1.165, 1.54) is 12.1 Å². The molecule has 0 saturated heterocycles. The minimum atomic E-state index is -0.423. The second-order valence-electron chi connectivity index (χ2n) is 3.21. The molecular weight excluding hydrogens is 194 g/mol. The van der Waals surface area contributed by atoms with Gasteiger partial charge in [0.1, 0.15) is 0 Å². The van der Waals surface area contributed by atoms with E-state index in [9.17, 15) is 9.59 Å². The molecule has 78 valence electrons. The minimum Gasteiger partial charge on any atom is -0.459 e. The normalized spacial score (nSPS) is 9.53. The van der Waals surface area contributed by atoms with Crippen LogP contribution in [0.1, 0.15) is 24.2 Å². The van der Waals surface area contributed by atoms with Crippen molar-refractivity contribution in [2.75, 3.05) is 0 Å². The third-order valence-corrected chi connectivity index (χ3v) is 1.60. The maximum Gasteiger partial charge on any atom is 0.338 e. The molecule has 1 aromatic rings. The Bertz CT molecular complexity index is 406. The summed E-state index contributed by atoms with van der Waals surface area (Å²) in [5.41, 5.74) is 0.767. The summed E-state index contributed by atoms with van der Waals surface area (Å²) in [6.07, 6.45) is 1.24. The highest BCUT2D eigenvalue weighted by molar-refractivity contribution is 5.90. The molecular formula is C11H11NO3. The summed E-state index contributed by atoms with van der Waals surface area (Å²) >= 11 is 0. The highest BCUT2D eigenvalue weighted by Crippen LogP contribution is 2.14. The number of nitrogens with zero attached hydrogens (tertiary/aromatic N) is 1. The van der Waals surface area contributed by atoms with E-state index in [-0.39, 0.29) is 6.10 Å². The number of carbonyl (C=O) groups excluding carboxylic acids is 2. The average molecular weight is 205 g/mol. The lowest BCUT2D eigenvalue weighted by Crippen LogP contribution is -2.11. The largest absolute Gasteiger partial charge is 0.459 e. The summed E-state index contributed by atoms with van der Waals surface area (Å²) in [5, 5.41) is 0. The number of hydrogen-bond acceptors (Lipinski definition) is 4. The Kier molecular flexibility index (Phi) is 3.77. The zero-order chi connectivity index (χ0) is 11.3. The summed E-state index contributed by atoms with van der Waals surface area (Å²) in [5.74, 6) is -0.423. The predicted molar refractivity (Wildman–Crippen MR) is 54.8 cm³/mol. The molecule has 1 rings (SSSR count). The molecule has 0 spiro atoms. The molecule has 0 saturated carbocycles. The SMILES string of the molecule is CC(C)OC(=O)c1cccc(N=C=O)c1. The Morgan fingerprint density at radius 2 is 2.20 bits per heavy atom. The lowest BCUT2D eigenvalue weighted by atomic mass is 10.2. The molecule has 0 aliphatic rings. The van der Waals surface area contributed by atoms with Crippen LogP contribution in [0, 0.1) is 0 Å². The first kappa shape index (κ1) is 11.1. The van der Waals surface area contributed by atoms with E-state index >= 15 is 0 Å². The summed E-state index contributed by atoms with van der Waals surface area (Å²) in [7, 11) is 0. The van der Waals surface area contributed by atoms with Crippen LogP contribution in [-0.4, -0.2) is 18.2 Å². The number of carbonyl (C=O) groups is 1. The van der Waals surface area contributed by atoms with Crippen LogP contribution in [-0.2, 0) is 9.53 Å². The average Bonchev–Trinajstić information content (AvgIpc) is 2.17. The number of ether oxygens (including phenoxy) is 1. The van der Waals surface area contributed by atoms with E-state index in [0.29, 0.717) is 11.3 Å². The van der Waals surface area contributed by atoms with Crippen LogP contribution < -0.4 is 0 Å². The van der Waals surface area contributed by atoms with Crippen molar-refractivity contribution in [1.29, 1.82) is 0 Å². The van der Waals surface area contributed by atoms with Gasteiger partial charge in [-0.1, -0.05) is 6.07 Å². The van der Waals surface area contributed by atoms with Gasteiger partial charge in [0.05, 0.1) is 17.4 Å². The van der Waals surface area contributed by atoms with Crippen LogP contribution in [0.5, 0.6) is 0 Å². The molecule has 0 amide bonds. The molecule has 1 aromatic carbocycles. The van der Waals surface area contributed by atoms with E-state index in [1.807, 2.05) is 0 Å². The fourth-order valence-electron chi connectivity index (χ4n) is 1.04. The molecule has 0 aliphatic heterocycles. The smallest absolute Gasteiger partial charge is 0.338 e. The first-order valence-corrected chi connectivity index (χ1v) is 4.52. The fourth-order valence-corrected chi connectivity index (χ4v) is 1.04. The highest BCUT2D eigenvalue weighted by Gasteiger charge is 2.08. The molecule has 0 aliphatic carbocycles. The molecule has 0 bridgehead atoms. The third kappa shape index (κ3) is 3.37. The van der Waals surface area contributed by atoms with E-state index in [1.54, 1.807) is 32.0 Å². The van der Waals surface area contributed by atoms with Gasteiger partial charge in [-0.3, -0.25) is 0 Å². The lowest BCUT2D eigenvalue weighted by molar-refractivity contribution is 0.0378. The fraction of sp³-hybridized carbons (Fsp3) is 0.273. The van der Waals surface area contributed by atoms with E-state index in [4.69, 9.17) is 4.74 Å². The van der Waals surface area contributed by atoms with Crippen molar-refractivity contribution in [3.05, 3.63) is 29.8 Å². The van der Waals surface area contributed by atoms with Crippen LogP contribution >= 0.6 is 0 Å². The predicted octanol–water partition coefficient (Wildman–Crippen LogP) is 2.22. The summed E-state index contributed by atoms with van der Waals surface area (Å²) in [4.78, 5) is 24.9. The van der Waals surface area contributed by atoms with Gasteiger partial charge in [-0.05, 0) is 32.0 Å². The van der Waals surface area contributed by atoms with Crippen LogP contribution in [0.2, 0.25) is 0 Å². The van der Waals surface area contributed by atoms with Gasteiger partial charge >= 0.3 is 5.97 Å². The van der Waals surface area contributed by atoms with Crippen LogP contribution in [0.15, 0.2) is 29.3 Å². The Labute approximate surface area is 87.6 Å². The number of isocyanates is 1. The van der Waals surface area contributed by atoms with Crippen molar-refractivity contribution in [2.24, 2.45) is 4.99 Å². The summed E-state index contributed by atoms with van der Waals surface area (Å²) < 4.78 is 4.99. The molecule has 4 heteroatoms. The first-order valence-electron chi connectivity index (χ1n) is 4.52. The van der Waals surface area contributed by atoms with Crippen LogP contribution in [0.25, 0.3) is 0 Å². The maximum absolute atomic E-state index is 11.4. The standard InChI is InChI=1S/C11H11NO3/c1-8(2)15-11(14)9-4-3-5-10(6-9)12-7-13/h3-6,8H,1-2H3. The maximum atomic E-state index is 11.4. The van der Waals surface area contributed by atoms with Gasteiger partial charge in [0.15, 0.2) is 0 Å². The van der Waals surface area contributed by atoms with Crippen LogP contribution in [0.4, 0.5) is 5.69 Å². The summed E-state index contributed by atoms with van der Waals surface area (Å²) in [6, 6.07) is 6.33. The van der Waals surface area contributed by atoms with Gasteiger partial charge in [0.2, 0.25) is 6.08 Å². The first-order chi connectivity index (χ1) is 7.13. The number of esters is 1. The molecule has 0 fully saturated rings. The Morgan fingerprint density at radius 3 is 2.80 bits per heavy atom. The zero-order valence-electron chi connectivity index (χ0n) is 8.56. The van der Waals surface area contributed by atoms with Crippen molar-refractivity contribution in [2.45, 2.75) is 20.0 Å². The third-order valence-electron chi connectivity index (χ3n) is 1.60. The summed E-state index contributed by atoms with van der Waals surface area (Å²) in [6.45, 7) is 3.54. The van der Waals surface area contributed by atoms with Crippen LogP contribution in [0.3, 0.4) is 0 Å². The van der Waals surface area contributed by atoms with Crippen molar-refractivity contribution < 1.29 is 14.3 Å². The highest BCUT2D eigenvalue weighted by atomic mass is 16.5. The second-order valence-corrected chi connectivity index (χ2v) is 3.21. The quantitative estimate of drug-likeness (QED) is 0.432. The van der Waals surface area contributed by atoms with Crippen molar-refractivity contribution >= 4 is 17.7 Å². The minimum absolute atomic E-state index is 0.171. The number of aliphatic imine (C=N–C) groups is 1. The molecule has 0 aromatic heterocycles. The Balaban J connectivity index is 2.90. The molecule has 4 nitrogen and oxygen atoms in total.